The topological polar surface area (TPSA) is 383 Å². The number of aromatic amines is 2. The number of esters is 5. The zero-order chi connectivity index (χ0) is 64.6. The van der Waals surface area contributed by atoms with Crippen molar-refractivity contribution in [2.45, 2.75) is 130 Å². The Kier molecular flexibility index (Phi) is 28.3. The highest BCUT2D eigenvalue weighted by Crippen LogP contribution is 2.32. The molecule has 0 aliphatic carbocycles. The molecular weight excluding hydrogens is 1160 g/mol. The predicted octanol–water partition coefficient (Wildman–Crippen LogP) is 8.96. The largest absolute Gasteiger partial charge is 0.463 e. The minimum atomic E-state index is -3.51. The molecule has 7 N–H and O–H groups in total. The Morgan fingerprint density at radius 3 is 1.39 bits per heavy atom. The summed E-state index contributed by atoms with van der Waals surface area (Å²) in [5.41, 5.74) is 16.0. The highest BCUT2D eigenvalue weighted by Gasteiger charge is 2.33. The van der Waals surface area contributed by atoms with Gasteiger partial charge in [-0.3, -0.25) is 25.2 Å². The van der Waals surface area contributed by atoms with E-state index in [0.29, 0.717) is 110 Å². The van der Waals surface area contributed by atoms with Gasteiger partial charge in [-0.2, -0.15) is 15.5 Å². The number of ether oxygens (including phenoxy) is 5. The summed E-state index contributed by atoms with van der Waals surface area (Å²) in [6, 6.07) is 15.1. The fourth-order valence-electron chi connectivity index (χ4n) is 6.61. The lowest BCUT2D eigenvalue weighted by Gasteiger charge is -2.20. The van der Waals surface area contributed by atoms with Crippen LogP contribution in [-0.4, -0.2) is 132 Å². The number of anilines is 3. The van der Waals surface area contributed by atoms with E-state index in [1.54, 1.807) is 151 Å². The Morgan fingerprint density at radius 1 is 0.624 bits per heavy atom. The first-order valence-electron chi connectivity index (χ1n) is 26.5. The molecule has 6 aromatic rings. The van der Waals surface area contributed by atoms with Crippen LogP contribution in [0.5, 0.6) is 0 Å². The molecule has 28 heteroatoms. The summed E-state index contributed by atoms with van der Waals surface area (Å²) in [7, 11) is -6.88. The van der Waals surface area contributed by atoms with Crippen LogP contribution in [0.25, 0.3) is 21.8 Å². The fourth-order valence-corrected chi connectivity index (χ4v) is 9.27. The molecule has 85 heavy (non-hydrogen) atoms. The summed E-state index contributed by atoms with van der Waals surface area (Å²) in [6.07, 6.45) is 3.87. The molecule has 2 aromatic carbocycles. The Hall–Kier alpha value is -8.48. The number of aliphatic imine (C=N–C) groups is 1. The normalized spacial score (nSPS) is 11.8. The van der Waals surface area contributed by atoms with Gasteiger partial charge >= 0.3 is 29.8 Å². The number of carbonyl (C=O) groups is 5. The van der Waals surface area contributed by atoms with Gasteiger partial charge in [0.25, 0.3) is 0 Å². The average molecular weight is 1240 g/mol. The van der Waals surface area contributed by atoms with Crippen LogP contribution >= 0.6 is 11.6 Å². The van der Waals surface area contributed by atoms with Crippen molar-refractivity contribution >= 4 is 106 Å². The minimum Gasteiger partial charge on any atom is -0.463 e. The van der Waals surface area contributed by atoms with E-state index in [1.165, 1.54) is 0 Å². The van der Waals surface area contributed by atoms with Crippen molar-refractivity contribution in [3.05, 3.63) is 99.6 Å². The number of nitrogens with zero attached hydrogens (tertiary/aromatic N) is 6. The molecule has 0 saturated heterocycles. The maximum absolute atomic E-state index is 12.9. The number of hydrogen-bond donors (Lipinski definition) is 5. The summed E-state index contributed by atoms with van der Waals surface area (Å²) in [5.74, 6) is -1.84. The van der Waals surface area contributed by atoms with Crippen LogP contribution in [0, 0.1) is 25.2 Å². The molecule has 0 radical (unpaired) electrons. The number of nitrogen functional groups attached to an aromatic ring is 2. The van der Waals surface area contributed by atoms with E-state index in [9.17, 15) is 40.8 Å². The lowest BCUT2D eigenvalue weighted by atomic mass is 10.1. The number of nitrogens with one attached hydrogen (secondary N) is 3. The molecule has 462 valence electrons. The van der Waals surface area contributed by atoms with Crippen molar-refractivity contribution in [3.8, 4) is 6.07 Å². The lowest BCUT2D eigenvalue weighted by molar-refractivity contribution is -0.167. The molecule has 1 aliphatic heterocycles. The van der Waals surface area contributed by atoms with E-state index in [2.05, 4.69) is 50.1 Å². The number of amidine groups is 1. The molecule has 0 bridgehead atoms. The fraction of sp³-hybridized carbons (Fsp3) is 0.421. The number of rotatable bonds is 11. The van der Waals surface area contributed by atoms with E-state index in [-0.39, 0.29) is 35.5 Å². The second kappa shape index (κ2) is 33.1. The molecule has 0 fully saturated rings. The summed E-state index contributed by atoms with van der Waals surface area (Å²) in [4.78, 5) is 68.6. The number of nitrogens with two attached hydrogens (primary N) is 2. The van der Waals surface area contributed by atoms with Gasteiger partial charge in [0, 0.05) is 46.3 Å². The number of H-pyrrole nitrogens is 2. The van der Waals surface area contributed by atoms with E-state index in [0.717, 1.165) is 0 Å². The Labute approximate surface area is 500 Å². The van der Waals surface area contributed by atoms with E-state index < -0.39 is 53.0 Å². The third-order valence-electron chi connectivity index (χ3n) is 11.5. The van der Waals surface area contributed by atoms with Gasteiger partial charge in [0.05, 0.1) is 92.2 Å². The van der Waals surface area contributed by atoms with Gasteiger partial charge < -0.3 is 40.5 Å². The molecule has 5 heterocycles. The Morgan fingerprint density at radius 2 is 1.01 bits per heavy atom. The number of halogens is 1. The number of benzene rings is 2. The second-order valence-corrected chi connectivity index (χ2v) is 25.3. The molecule has 4 aromatic heterocycles. The molecule has 7 rings (SSSR count). The first kappa shape index (κ1) is 72.6. The highest BCUT2D eigenvalue weighted by molar-refractivity contribution is 7.93. The van der Waals surface area contributed by atoms with Gasteiger partial charge in [-0.15, -0.1) is 0 Å². The van der Waals surface area contributed by atoms with Gasteiger partial charge in [0.15, 0.2) is 19.7 Å². The minimum absolute atomic E-state index is 0.192. The Bertz CT molecular complexity index is 3580. The third kappa shape index (κ3) is 20.1. The van der Waals surface area contributed by atoms with E-state index >= 15 is 0 Å². The average Bonchev–Trinajstić information content (AvgIpc) is 2.76. The number of aromatic nitrogens is 6. The molecule has 0 spiro atoms. The molecule has 0 saturated carbocycles. The quantitative estimate of drug-likeness (QED) is 0.0459. The van der Waals surface area contributed by atoms with Crippen molar-refractivity contribution in [2.24, 2.45) is 4.99 Å². The molecule has 0 atom stereocenters. The molecular formula is C57H76ClN11O14S2. The predicted molar refractivity (Wildman–Crippen MR) is 324 cm³/mol. The molecule has 25 nitrogen and oxygen atoms in total. The number of hydrogen-bond acceptors (Lipinski definition) is 23. The van der Waals surface area contributed by atoms with Crippen molar-refractivity contribution in [3.63, 3.8) is 0 Å². The summed E-state index contributed by atoms with van der Waals surface area (Å²) in [6.45, 7) is 27.2. The van der Waals surface area contributed by atoms with Crippen LogP contribution < -0.4 is 16.8 Å². The van der Waals surface area contributed by atoms with Crippen LogP contribution in [0.2, 0.25) is 5.02 Å². The molecule has 1 aliphatic rings. The maximum atomic E-state index is 12.9. The van der Waals surface area contributed by atoms with Crippen molar-refractivity contribution in [1.82, 2.24) is 30.4 Å². The van der Waals surface area contributed by atoms with Gasteiger partial charge in [0.1, 0.15) is 28.9 Å². The number of sulfone groups is 2. The first-order chi connectivity index (χ1) is 39.8. The lowest BCUT2D eigenvalue weighted by Crippen LogP contribution is -2.27. The van der Waals surface area contributed by atoms with Crippen LogP contribution in [0.4, 0.5) is 17.3 Å². The van der Waals surface area contributed by atoms with Crippen molar-refractivity contribution < 1.29 is 64.5 Å². The Balaban J connectivity index is 0.000000379. The van der Waals surface area contributed by atoms with Crippen LogP contribution in [0.3, 0.4) is 0 Å². The van der Waals surface area contributed by atoms with Crippen LogP contribution in [-0.2, 0) is 57.7 Å². The summed E-state index contributed by atoms with van der Waals surface area (Å²) in [5, 5.41) is 25.0. The maximum Gasteiger partial charge on any atom is 0.417 e. The van der Waals surface area contributed by atoms with Crippen LogP contribution in [0.15, 0.2) is 86.9 Å². The van der Waals surface area contributed by atoms with Crippen molar-refractivity contribution in [1.29, 1.82) is 5.26 Å². The smallest absolute Gasteiger partial charge is 0.417 e. The zero-order valence-electron chi connectivity index (χ0n) is 50.5. The second-order valence-electron chi connectivity index (χ2n) is 19.5. The monoisotopic (exact) mass is 1240 g/mol. The highest BCUT2D eigenvalue weighted by atomic mass is 35.5. The molecule has 0 amide bonds. The van der Waals surface area contributed by atoms with E-state index in [1.807, 2.05) is 19.9 Å². The zero-order valence-corrected chi connectivity index (χ0v) is 52.9. The standard InChI is InChI=1S/C21H25N3O4S.C13H14ClNO2S.2C7H11N3O2.C6H10O4.C3H5N/c1-6-28-20(25)16-12-23-19(13(16)2)24-18-9-10-22-17-8-7-14(11-15(17)18)29(26,27)21(3,4)5;1-13(2,3)18(16,17)9-4-5-12-10(8-9)11(14)6-7-15-12;2*1-3-12-7(11)5-4(2)6(8)10-9-5;1-3-9-5(7)6(8)10-4-2;1-2-3-4/h7-11H,6,12H2,1-5H3,(H,22,23,24);4-8H,1-3H3;2*3H2,1-2H3,(H3,8,9,10);3-4H2,1-2H3;2H2,1H3. The van der Waals surface area contributed by atoms with Crippen LogP contribution in [0.1, 0.15) is 129 Å². The number of fused-ring (bicyclic) bond motifs is 2. The van der Waals surface area contributed by atoms with Gasteiger partial charge in [-0.25, -0.2) is 40.8 Å². The van der Waals surface area contributed by atoms with E-state index in [4.69, 9.17) is 42.5 Å². The van der Waals surface area contributed by atoms with Gasteiger partial charge in [-0.05, 0) is 145 Å². The summed E-state index contributed by atoms with van der Waals surface area (Å²) < 4.78 is 71.9. The number of carbonyl (C=O) groups excluding carboxylic acids is 5. The summed E-state index contributed by atoms with van der Waals surface area (Å²) >= 11 is 6.06. The molecule has 0 unspecified atom stereocenters. The van der Waals surface area contributed by atoms with Crippen molar-refractivity contribution in [2.75, 3.05) is 56.4 Å². The third-order valence-corrected chi connectivity index (χ3v) is 16.8. The number of pyridine rings is 2. The first-order valence-corrected chi connectivity index (χ1v) is 29.9. The van der Waals surface area contributed by atoms with Gasteiger partial charge in [-0.1, -0.05) is 18.5 Å². The van der Waals surface area contributed by atoms with Gasteiger partial charge in [0.2, 0.25) is 0 Å². The number of nitriles is 1. The SMILES string of the molecule is CC(C)(C)S(=O)(=O)c1ccc2nccc(Cl)c2c1.CCC#N.CCOC(=O)C(=O)OCC.CCOC(=O)C1=C(C)C(Nc2ccnc3ccc(S(=O)(=O)C(C)(C)C)cc23)=NC1.CCOC(=O)c1[nH]nc(N)c1C.CCOC(=O)c1[nH]nc(N)c1C.